The Morgan fingerprint density at radius 1 is 1.50 bits per heavy atom. The molecule has 2 N–H and O–H groups in total. The highest BCUT2D eigenvalue weighted by Crippen LogP contribution is 1.97. The smallest absolute Gasteiger partial charge is 0.332 e. The zero-order valence-electron chi connectivity index (χ0n) is 6.22. The molecule has 0 amide bonds. The molecule has 0 saturated heterocycles. The van der Waals surface area contributed by atoms with Crippen molar-refractivity contribution in [2.75, 3.05) is 5.84 Å². The molecule has 7 nitrogen and oxygen atoms in total. The van der Waals surface area contributed by atoms with Crippen molar-refractivity contribution in [3.8, 4) is 0 Å². The van der Waals surface area contributed by atoms with Crippen LogP contribution in [0.2, 0.25) is 0 Å². The summed E-state index contributed by atoms with van der Waals surface area (Å²) in [5.41, 5.74) is -1.99. The van der Waals surface area contributed by atoms with Crippen LogP contribution in [0.5, 0.6) is 0 Å². The zero-order chi connectivity index (χ0) is 9.30. The zero-order valence-corrected chi connectivity index (χ0v) is 6.22. The number of nitroso groups, excluding NO2 is 1. The van der Waals surface area contributed by atoms with Gasteiger partial charge in [0.05, 0.1) is 0 Å². The van der Waals surface area contributed by atoms with Gasteiger partial charge in [-0.2, -0.15) is 4.68 Å². The lowest BCUT2D eigenvalue weighted by molar-refractivity contribution is 0.718. The third-order valence-corrected chi connectivity index (χ3v) is 1.36. The highest BCUT2D eigenvalue weighted by atomic mass is 16.3. The van der Waals surface area contributed by atoms with E-state index in [9.17, 15) is 14.5 Å². The summed E-state index contributed by atoms with van der Waals surface area (Å²) in [4.78, 5) is 31.8. The maximum atomic E-state index is 10.9. The van der Waals surface area contributed by atoms with Crippen LogP contribution >= 0.6 is 0 Å². The summed E-state index contributed by atoms with van der Waals surface area (Å²) < 4.78 is 1.33. The van der Waals surface area contributed by atoms with Gasteiger partial charge in [0.15, 0.2) is 5.69 Å². The Kier molecular flexibility index (Phi) is 1.78. The molecule has 0 atom stereocenters. The fraction of sp³-hybridized carbons (Fsp3) is 0.200. The molecule has 1 rings (SSSR count). The summed E-state index contributed by atoms with van der Waals surface area (Å²) in [6.45, 7) is 0. The predicted molar refractivity (Wildman–Crippen MR) is 41.5 cm³/mol. The van der Waals surface area contributed by atoms with E-state index < -0.39 is 11.2 Å². The predicted octanol–water partition coefficient (Wildman–Crippen LogP) is -1.34. The van der Waals surface area contributed by atoms with Gasteiger partial charge in [0.25, 0.3) is 0 Å². The standard InChI is InChI=1S/C5H6N4O3/c1-8-2-3(7-12)4(10)9(6)5(8)11/h2H,6H2,1H3. The van der Waals surface area contributed by atoms with Crippen molar-refractivity contribution in [2.45, 2.75) is 0 Å². The lowest BCUT2D eigenvalue weighted by Gasteiger charge is -1.99. The summed E-state index contributed by atoms with van der Waals surface area (Å²) in [7, 11) is 1.36. The third kappa shape index (κ3) is 1.00. The second kappa shape index (κ2) is 2.61. The largest absolute Gasteiger partial charge is 0.349 e. The van der Waals surface area contributed by atoms with E-state index in [0.717, 1.165) is 10.8 Å². The van der Waals surface area contributed by atoms with Crippen LogP contribution in [-0.2, 0) is 7.05 Å². The molecule has 0 unspecified atom stereocenters. The minimum atomic E-state index is -0.895. The Morgan fingerprint density at radius 3 is 2.58 bits per heavy atom. The summed E-state index contributed by atoms with van der Waals surface area (Å²) in [6.07, 6.45) is 1.03. The summed E-state index contributed by atoms with van der Waals surface area (Å²) in [5.74, 6) is 5.03. The lowest BCUT2D eigenvalue weighted by Crippen LogP contribution is -2.43. The molecular weight excluding hydrogens is 164 g/mol. The molecule has 0 saturated carbocycles. The molecule has 0 fully saturated rings. The average Bonchev–Trinajstić information content (AvgIpc) is 2.08. The van der Waals surface area contributed by atoms with Gasteiger partial charge in [-0.15, -0.1) is 4.91 Å². The molecule has 0 aliphatic carbocycles. The van der Waals surface area contributed by atoms with Crippen LogP contribution in [0.15, 0.2) is 21.0 Å². The lowest BCUT2D eigenvalue weighted by atomic mass is 10.5. The number of nitrogen functional groups attached to an aromatic ring is 1. The topological polar surface area (TPSA) is 99.4 Å². The Balaban J connectivity index is 3.73. The number of rotatable bonds is 1. The van der Waals surface area contributed by atoms with Gasteiger partial charge in [0.1, 0.15) is 0 Å². The minimum Gasteiger partial charge on any atom is -0.332 e. The van der Waals surface area contributed by atoms with E-state index in [1.165, 1.54) is 7.05 Å². The fourth-order valence-corrected chi connectivity index (χ4v) is 0.737. The van der Waals surface area contributed by atoms with E-state index >= 15 is 0 Å². The minimum absolute atomic E-state index is 0.330. The molecular formula is C5H6N4O3. The highest BCUT2D eigenvalue weighted by molar-refractivity contribution is 5.29. The molecule has 1 heterocycles. The monoisotopic (exact) mass is 170 g/mol. The van der Waals surface area contributed by atoms with E-state index in [1.807, 2.05) is 0 Å². The summed E-state index contributed by atoms with van der Waals surface area (Å²) in [6, 6.07) is 0. The van der Waals surface area contributed by atoms with Crippen molar-refractivity contribution in [3.63, 3.8) is 0 Å². The molecule has 0 aromatic carbocycles. The van der Waals surface area contributed by atoms with Gasteiger partial charge in [-0.05, 0) is 5.18 Å². The van der Waals surface area contributed by atoms with Gasteiger partial charge in [-0.25, -0.2) is 4.79 Å². The van der Waals surface area contributed by atoms with Crippen molar-refractivity contribution >= 4 is 5.69 Å². The number of aromatic nitrogens is 2. The Hall–Kier alpha value is -1.92. The van der Waals surface area contributed by atoms with Gasteiger partial charge in [-0.3, -0.25) is 9.36 Å². The molecule has 0 spiro atoms. The number of nitrogens with two attached hydrogens (primary N) is 1. The number of aryl methyl sites for hydroxylation is 1. The molecule has 0 aliphatic heterocycles. The molecule has 64 valence electrons. The van der Waals surface area contributed by atoms with Crippen LogP contribution in [0, 0.1) is 4.91 Å². The highest BCUT2D eigenvalue weighted by Gasteiger charge is 2.06. The number of hydrogen-bond donors (Lipinski definition) is 1. The van der Waals surface area contributed by atoms with Gasteiger partial charge in [0.2, 0.25) is 0 Å². The second-order valence-corrected chi connectivity index (χ2v) is 2.17. The molecule has 7 heteroatoms. The van der Waals surface area contributed by atoms with Crippen molar-refractivity contribution in [3.05, 3.63) is 31.9 Å². The quantitative estimate of drug-likeness (QED) is 0.416. The Bertz CT molecular complexity index is 429. The van der Waals surface area contributed by atoms with Crippen molar-refractivity contribution < 1.29 is 0 Å². The molecule has 0 radical (unpaired) electrons. The first-order valence-corrected chi connectivity index (χ1v) is 2.99. The Labute approximate surface area is 66.0 Å². The number of hydrogen-bond acceptors (Lipinski definition) is 5. The van der Waals surface area contributed by atoms with E-state index in [1.54, 1.807) is 0 Å². The maximum absolute atomic E-state index is 10.9. The van der Waals surface area contributed by atoms with Gasteiger partial charge in [0, 0.05) is 13.2 Å². The van der Waals surface area contributed by atoms with E-state index in [4.69, 9.17) is 5.84 Å². The van der Waals surface area contributed by atoms with Crippen LogP contribution in [0.1, 0.15) is 0 Å². The molecule has 1 aromatic rings. The van der Waals surface area contributed by atoms with Crippen LogP contribution in [0.3, 0.4) is 0 Å². The van der Waals surface area contributed by atoms with Crippen LogP contribution < -0.4 is 17.1 Å². The van der Waals surface area contributed by atoms with Crippen molar-refractivity contribution in [1.82, 2.24) is 9.24 Å². The van der Waals surface area contributed by atoms with Crippen molar-refractivity contribution in [2.24, 2.45) is 12.2 Å². The molecule has 0 bridgehead atoms. The van der Waals surface area contributed by atoms with Crippen LogP contribution in [-0.4, -0.2) is 9.24 Å². The molecule has 0 aliphatic rings. The van der Waals surface area contributed by atoms with Gasteiger partial charge < -0.3 is 5.84 Å². The summed E-state index contributed by atoms with van der Waals surface area (Å²) >= 11 is 0. The first-order valence-electron chi connectivity index (χ1n) is 2.99. The first-order chi connectivity index (χ1) is 5.57. The molecule has 12 heavy (non-hydrogen) atoms. The fourth-order valence-electron chi connectivity index (χ4n) is 0.737. The first kappa shape index (κ1) is 8.18. The average molecular weight is 170 g/mol. The maximum Gasteiger partial charge on any atom is 0.349 e. The van der Waals surface area contributed by atoms with Gasteiger partial charge >= 0.3 is 11.2 Å². The molecule has 1 aromatic heterocycles. The Morgan fingerprint density at radius 2 is 2.08 bits per heavy atom. The summed E-state index contributed by atoms with van der Waals surface area (Å²) in [5, 5.41) is 2.41. The number of nitrogens with zero attached hydrogens (tertiary/aromatic N) is 3. The van der Waals surface area contributed by atoms with E-state index in [0.29, 0.717) is 4.68 Å². The van der Waals surface area contributed by atoms with E-state index in [2.05, 4.69) is 5.18 Å². The normalized spacial score (nSPS) is 9.75. The second-order valence-electron chi connectivity index (χ2n) is 2.17. The van der Waals surface area contributed by atoms with Gasteiger partial charge in [-0.1, -0.05) is 0 Å². The van der Waals surface area contributed by atoms with E-state index in [-0.39, 0.29) is 5.69 Å². The SMILES string of the molecule is Cn1cc(N=O)c(=O)n(N)c1=O. The third-order valence-electron chi connectivity index (χ3n) is 1.36. The van der Waals surface area contributed by atoms with Crippen LogP contribution in [0.4, 0.5) is 5.69 Å². The van der Waals surface area contributed by atoms with Crippen molar-refractivity contribution in [1.29, 1.82) is 0 Å². The van der Waals surface area contributed by atoms with Crippen LogP contribution in [0.25, 0.3) is 0 Å².